The Morgan fingerprint density at radius 2 is 2.05 bits per heavy atom. The van der Waals surface area contributed by atoms with Crippen molar-refractivity contribution in [2.24, 2.45) is 5.41 Å². The molecule has 3 nitrogen and oxygen atoms in total. The molecule has 1 aromatic carbocycles. The van der Waals surface area contributed by atoms with Crippen LogP contribution in [0.4, 0.5) is 0 Å². The molecule has 0 aromatic heterocycles. The molecule has 3 heteroatoms. The van der Waals surface area contributed by atoms with E-state index in [2.05, 4.69) is 24.1 Å². The van der Waals surface area contributed by atoms with Crippen molar-refractivity contribution in [3.63, 3.8) is 0 Å². The van der Waals surface area contributed by atoms with Crippen LogP contribution in [0.5, 0.6) is 0 Å². The van der Waals surface area contributed by atoms with Gasteiger partial charge in [0.25, 0.3) is 5.91 Å². The molecule has 0 atom stereocenters. The summed E-state index contributed by atoms with van der Waals surface area (Å²) in [5.41, 5.74) is 1.53. The lowest BCUT2D eigenvalue weighted by molar-refractivity contribution is 0.0928. The van der Waals surface area contributed by atoms with Gasteiger partial charge in [0, 0.05) is 12.1 Å². The molecule has 0 saturated heterocycles. The number of hydrogen-bond acceptors (Lipinski definition) is 2. The minimum atomic E-state index is -0.200. The smallest absolute Gasteiger partial charge is 0.252 e. The van der Waals surface area contributed by atoms with E-state index in [1.165, 1.54) is 25.7 Å². The van der Waals surface area contributed by atoms with Gasteiger partial charge in [0.2, 0.25) is 0 Å². The molecule has 0 spiro atoms. The van der Waals surface area contributed by atoms with Gasteiger partial charge < -0.3 is 10.4 Å². The predicted octanol–water partition coefficient (Wildman–Crippen LogP) is 2.73. The van der Waals surface area contributed by atoms with Gasteiger partial charge in [-0.15, -0.1) is 0 Å². The second-order valence-corrected chi connectivity index (χ2v) is 5.75. The average Bonchev–Trinajstić information content (AvgIpc) is 3.00. The van der Waals surface area contributed by atoms with E-state index in [1.807, 2.05) is 18.2 Å². The zero-order valence-corrected chi connectivity index (χ0v) is 12.6. The lowest BCUT2D eigenvalue weighted by Gasteiger charge is -2.27. The number of amides is 1. The number of nitrogens with one attached hydrogen (secondary N) is 1. The van der Waals surface area contributed by atoms with Crippen molar-refractivity contribution in [1.29, 1.82) is 0 Å². The number of benzene rings is 1. The first kappa shape index (κ1) is 15.6. The highest BCUT2D eigenvalue weighted by molar-refractivity contribution is 5.96. The molecule has 1 aromatic rings. The highest BCUT2D eigenvalue weighted by Crippen LogP contribution is 2.40. The normalized spacial score (nSPS) is 16.1. The molecule has 0 heterocycles. The van der Waals surface area contributed by atoms with Crippen LogP contribution in [0.15, 0.2) is 24.3 Å². The van der Waals surface area contributed by atoms with Gasteiger partial charge in [0.05, 0.1) is 5.56 Å². The van der Waals surface area contributed by atoms with Gasteiger partial charge in [0.1, 0.15) is 6.61 Å². The molecule has 1 fully saturated rings. The summed E-state index contributed by atoms with van der Waals surface area (Å²) in [7, 11) is 0. The van der Waals surface area contributed by atoms with Gasteiger partial charge >= 0.3 is 0 Å². The Hall–Kier alpha value is -1.79. The Morgan fingerprint density at radius 1 is 1.33 bits per heavy atom. The van der Waals surface area contributed by atoms with Crippen LogP contribution in [-0.4, -0.2) is 24.2 Å². The second kappa shape index (κ2) is 7.28. The number of rotatable bonds is 4. The fourth-order valence-electron chi connectivity index (χ4n) is 3.07. The van der Waals surface area contributed by atoms with Crippen molar-refractivity contribution in [2.45, 2.75) is 39.0 Å². The predicted molar refractivity (Wildman–Crippen MR) is 83.9 cm³/mol. The zero-order valence-electron chi connectivity index (χ0n) is 12.6. The average molecular weight is 285 g/mol. The van der Waals surface area contributed by atoms with Crippen LogP contribution in [0, 0.1) is 17.3 Å². The van der Waals surface area contributed by atoms with Gasteiger partial charge in [0.15, 0.2) is 0 Å². The molecule has 2 rings (SSSR count). The molecule has 0 unspecified atom stereocenters. The summed E-state index contributed by atoms with van der Waals surface area (Å²) in [6.45, 7) is 2.75. The Morgan fingerprint density at radius 3 is 2.71 bits per heavy atom. The van der Waals surface area contributed by atoms with Gasteiger partial charge in [-0.05, 0) is 36.8 Å². The van der Waals surface area contributed by atoms with Crippen LogP contribution < -0.4 is 5.32 Å². The monoisotopic (exact) mass is 285 g/mol. The second-order valence-electron chi connectivity index (χ2n) is 5.75. The first-order valence-electron chi connectivity index (χ1n) is 7.68. The van der Waals surface area contributed by atoms with Crippen LogP contribution in [0.25, 0.3) is 0 Å². The number of carbonyl (C=O) groups is 1. The fraction of sp³-hybridized carbons (Fsp3) is 0.500. The van der Waals surface area contributed by atoms with E-state index >= 15 is 0 Å². The van der Waals surface area contributed by atoms with Gasteiger partial charge in [-0.2, -0.15) is 0 Å². The molecule has 0 bridgehead atoms. The maximum atomic E-state index is 12.4. The SMILES string of the molecule is CCC1(CNC(=O)c2ccccc2C#CCO)CCCC1. The molecule has 21 heavy (non-hydrogen) atoms. The van der Waals surface area contributed by atoms with Crippen LogP contribution in [0.3, 0.4) is 0 Å². The highest BCUT2D eigenvalue weighted by atomic mass is 16.2. The lowest BCUT2D eigenvalue weighted by Crippen LogP contribution is -2.35. The third-order valence-corrected chi connectivity index (χ3v) is 4.51. The van der Waals surface area contributed by atoms with E-state index in [9.17, 15) is 4.79 Å². The summed E-state index contributed by atoms with van der Waals surface area (Å²) in [6.07, 6.45) is 6.05. The van der Waals surface area contributed by atoms with E-state index in [0.29, 0.717) is 11.1 Å². The summed E-state index contributed by atoms with van der Waals surface area (Å²) in [4.78, 5) is 12.4. The van der Waals surface area contributed by atoms with Crippen LogP contribution in [0.2, 0.25) is 0 Å². The molecular formula is C18H23NO2. The number of hydrogen-bond donors (Lipinski definition) is 2. The Balaban J connectivity index is 2.07. The maximum Gasteiger partial charge on any atom is 0.252 e. The van der Waals surface area contributed by atoms with Crippen LogP contribution in [0.1, 0.15) is 54.9 Å². The summed E-state index contributed by atoms with van der Waals surface area (Å²) in [5, 5.41) is 11.9. The Bertz CT molecular complexity index is 548. The summed E-state index contributed by atoms with van der Waals surface area (Å²) < 4.78 is 0. The molecule has 0 radical (unpaired) electrons. The molecule has 0 aliphatic heterocycles. The Labute approximate surface area is 126 Å². The van der Waals surface area contributed by atoms with Crippen molar-refractivity contribution in [2.75, 3.05) is 13.2 Å². The first-order valence-corrected chi connectivity index (χ1v) is 7.68. The van der Waals surface area contributed by atoms with E-state index in [1.54, 1.807) is 6.07 Å². The third-order valence-electron chi connectivity index (χ3n) is 4.51. The summed E-state index contributed by atoms with van der Waals surface area (Å²) in [5.74, 6) is 5.36. The molecule has 1 saturated carbocycles. The van der Waals surface area contributed by atoms with E-state index < -0.39 is 0 Å². The van der Waals surface area contributed by atoms with Gasteiger partial charge in [-0.25, -0.2) is 0 Å². The molecular weight excluding hydrogens is 262 g/mol. The lowest BCUT2D eigenvalue weighted by atomic mass is 9.83. The van der Waals surface area contributed by atoms with Crippen molar-refractivity contribution < 1.29 is 9.90 Å². The number of carbonyl (C=O) groups excluding carboxylic acids is 1. The first-order chi connectivity index (χ1) is 10.2. The highest BCUT2D eigenvalue weighted by Gasteiger charge is 2.32. The van der Waals surface area contributed by atoms with Gasteiger partial charge in [-0.3, -0.25) is 4.79 Å². The molecule has 1 aliphatic rings. The number of aliphatic hydroxyl groups is 1. The fourth-order valence-corrected chi connectivity index (χ4v) is 3.07. The maximum absolute atomic E-state index is 12.4. The van der Waals surface area contributed by atoms with Crippen LogP contribution in [-0.2, 0) is 0 Å². The quantitative estimate of drug-likeness (QED) is 0.836. The van der Waals surface area contributed by atoms with Crippen molar-refractivity contribution in [1.82, 2.24) is 5.32 Å². The summed E-state index contributed by atoms with van der Waals surface area (Å²) in [6, 6.07) is 7.28. The van der Waals surface area contributed by atoms with Crippen molar-refractivity contribution in [3.05, 3.63) is 35.4 Å². The van der Waals surface area contributed by atoms with E-state index in [4.69, 9.17) is 5.11 Å². The minimum Gasteiger partial charge on any atom is -0.384 e. The zero-order chi connectivity index (χ0) is 15.1. The third kappa shape index (κ3) is 3.86. The van der Waals surface area contributed by atoms with Gasteiger partial charge in [-0.1, -0.05) is 43.7 Å². The van der Waals surface area contributed by atoms with Crippen molar-refractivity contribution >= 4 is 5.91 Å². The topological polar surface area (TPSA) is 49.3 Å². The molecule has 1 aliphatic carbocycles. The molecule has 1 amide bonds. The van der Waals surface area contributed by atoms with E-state index in [-0.39, 0.29) is 17.9 Å². The van der Waals surface area contributed by atoms with Crippen LogP contribution >= 0.6 is 0 Å². The standard InChI is InChI=1S/C18H23NO2/c1-2-18(11-5-6-12-18)14-19-17(21)16-10-4-3-8-15(16)9-7-13-20/h3-4,8,10,20H,2,5-6,11-14H2,1H3,(H,19,21). The minimum absolute atomic E-state index is 0.0717. The van der Waals surface area contributed by atoms with Crippen molar-refractivity contribution in [3.8, 4) is 11.8 Å². The molecule has 112 valence electrons. The van der Waals surface area contributed by atoms with E-state index in [0.717, 1.165) is 13.0 Å². The Kier molecular flexibility index (Phi) is 5.41. The summed E-state index contributed by atoms with van der Waals surface area (Å²) >= 11 is 0. The molecule has 2 N–H and O–H groups in total. The largest absolute Gasteiger partial charge is 0.384 e. The number of aliphatic hydroxyl groups excluding tert-OH is 1.